The molecule has 0 atom stereocenters. The molecule has 29 heavy (non-hydrogen) atoms. The molecule has 0 saturated heterocycles. The van der Waals surface area contributed by atoms with Gasteiger partial charge in [-0.25, -0.2) is 19.0 Å². The third kappa shape index (κ3) is 4.02. The Labute approximate surface area is 166 Å². The standard InChI is InChI=1S/C21H20FN5O2/c1-28-9-10-29-15-7-5-14(6-8-15)11-20-24-13-17(22)21(26-20)27-19-4-2-3-18(23)16(19)12-25-27/h2-8,12-13H,9-11,23H2,1H3. The molecule has 2 aromatic carbocycles. The maximum atomic E-state index is 14.5. The van der Waals surface area contributed by atoms with Gasteiger partial charge in [0.2, 0.25) is 0 Å². The van der Waals surface area contributed by atoms with Crippen LogP contribution in [0.25, 0.3) is 16.7 Å². The molecule has 0 saturated carbocycles. The van der Waals surface area contributed by atoms with Crippen molar-refractivity contribution >= 4 is 16.6 Å². The fourth-order valence-corrected chi connectivity index (χ4v) is 3.00. The van der Waals surface area contributed by atoms with Crippen LogP contribution in [0.3, 0.4) is 0 Å². The van der Waals surface area contributed by atoms with Crippen molar-refractivity contribution in [1.29, 1.82) is 0 Å². The lowest BCUT2D eigenvalue weighted by Crippen LogP contribution is -2.08. The van der Waals surface area contributed by atoms with Crippen molar-refractivity contribution in [3.8, 4) is 11.6 Å². The van der Waals surface area contributed by atoms with E-state index in [0.29, 0.717) is 36.7 Å². The summed E-state index contributed by atoms with van der Waals surface area (Å²) in [6.45, 7) is 1.02. The lowest BCUT2D eigenvalue weighted by Gasteiger charge is -2.08. The molecule has 0 aliphatic heterocycles. The minimum absolute atomic E-state index is 0.0927. The zero-order valence-electron chi connectivity index (χ0n) is 15.9. The number of hydrogen-bond acceptors (Lipinski definition) is 6. The number of aromatic nitrogens is 4. The predicted octanol–water partition coefficient (Wildman–Crippen LogP) is 3.15. The first kappa shape index (κ1) is 18.8. The maximum Gasteiger partial charge on any atom is 0.193 e. The van der Waals surface area contributed by atoms with E-state index in [0.717, 1.165) is 16.7 Å². The van der Waals surface area contributed by atoms with Crippen molar-refractivity contribution in [1.82, 2.24) is 19.7 Å². The molecular weight excluding hydrogens is 373 g/mol. The number of rotatable bonds is 7. The summed E-state index contributed by atoms with van der Waals surface area (Å²) in [5.74, 6) is 0.785. The van der Waals surface area contributed by atoms with Gasteiger partial charge < -0.3 is 15.2 Å². The summed E-state index contributed by atoms with van der Waals surface area (Å²) in [7, 11) is 1.63. The highest BCUT2D eigenvalue weighted by molar-refractivity contribution is 5.90. The SMILES string of the molecule is COCCOc1ccc(Cc2ncc(F)c(-n3ncc4c(N)cccc43)n2)cc1. The Kier molecular flexibility index (Phi) is 5.35. The average Bonchev–Trinajstić information content (AvgIpc) is 3.16. The molecule has 0 aliphatic rings. The predicted molar refractivity (Wildman–Crippen MR) is 108 cm³/mol. The van der Waals surface area contributed by atoms with E-state index in [-0.39, 0.29) is 5.82 Å². The number of nitrogen functional groups attached to an aromatic ring is 1. The zero-order valence-corrected chi connectivity index (χ0v) is 15.9. The molecule has 0 spiro atoms. The fourth-order valence-electron chi connectivity index (χ4n) is 3.00. The van der Waals surface area contributed by atoms with Gasteiger partial charge in [0.15, 0.2) is 11.6 Å². The highest BCUT2D eigenvalue weighted by atomic mass is 19.1. The number of halogens is 1. The van der Waals surface area contributed by atoms with E-state index in [1.54, 1.807) is 25.4 Å². The van der Waals surface area contributed by atoms with Crippen molar-refractivity contribution < 1.29 is 13.9 Å². The number of methoxy groups -OCH3 is 1. The van der Waals surface area contributed by atoms with Gasteiger partial charge in [0, 0.05) is 24.6 Å². The van der Waals surface area contributed by atoms with Crippen LogP contribution in [0.2, 0.25) is 0 Å². The summed E-state index contributed by atoms with van der Waals surface area (Å²) in [6, 6.07) is 13.0. The number of benzene rings is 2. The lowest BCUT2D eigenvalue weighted by molar-refractivity contribution is 0.146. The molecule has 2 aromatic heterocycles. The first-order valence-corrected chi connectivity index (χ1v) is 9.10. The quantitative estimate of drug-likeness (QED) is 0.383. The van der Waals surface area contributed by atoms with Crippen molar-refractivity contribution in [2.75, 3.05) is 26.1 Å². The van der Waals surface area contributed by atoms with Gasteiger partial charge in [0.1, 0.15) is 18.2 Å². The molecule has 4 aromatic rings. The van der Waals surface area contributed by atoms with Gasteiger partial charge in [-0.05, 0) is 29.8 Å². The summed E-state index contributed by atoms with van der Waals surface area (Å²) in [5, 5.41) is 5.01. The number of ether oxygens (including phenoxy) is 2. The van der Waals surface area contributed by atoms with Crippen molar-refractivity contribution in [3.63, 3.8) is 0 Å². The average molecular weight is 393 g/mol. The van der Waals surface area contributed by atoms with Gasteiger partial charge in [-0.15, -0.1) is 0 Å². The fraction of sp³-hybridized carbons (Fsp3) is 0.190. The second-order valence-electron chi connectivity index (χ2n) is 6.46. The topological polar surface area (TPSA) is 88.1 Å². The van der Waals surface area contributed by atoms with E-state index in [1.807, 2.05) is 30.3 Å². The van der Waals surface area contributed by atoms with Crippen molar-refractivity contribution in [3.05, 3.63) is 72.1 Å². The second-order valence-corrected chi connectivity index (χ2v) is 6.46. The van der Waals surface area contributed by atoms with E-state index in [9.17, 15) is 4.39 Å². The Morgan fingerprint density at radius 1 is 1.07 bits per heavy atom. The summed E-state index contributed by atoms with van der Waals surface area (Å²) < 4.78 is 26.4. The molecule has 0 unspecified atom stereocenters. The minimum Gasteiger partial charge on any atom is -0.491 e. The number of anilines is 1. The summed E-state index contributed by atoms with van der Waals surface area (Å²) in [5.41, 5.74) is 8.22. The Balaban J connectivity index is 1.58. The van der Waals surface area contributed by atoms with Gasteiger partial charge in [0.25, 0.3) is 0 Å². The highest BCUT2D eigenvalue weighted by Crippen LogP contribution is 2.23. The Morgan fingerprint density at radius 3 is 2.69 bits per heavy atom. The van der Waals surface area contributed by atoms with Crippen molar-refractivity contribution in [2.24, 2.45) is 0 Å². The third-order valence-corrected chi connectivity index (χ3v) is 4.47. The first-order chi connectivity index (χ1) is 14.2. The van der Waals surface area contributed by atoms with Crippen LogP contribution in [0.1, 0.15) is 11.4 Å². The van der Waals surface area contributed by atoms with Gasteiger partial charge in [-0.2, -0.15) is 5.10 Å². The molecule has 0 amide bonds. The van der Waals surface area contributed by atoms with Crippen LogP contribution in [0.5, 0.6) is 5.75 Å². The van der Waals surface area contributed by atoms with E-state index >= 15 is 0 Å². The molecule has 0 fully saturated rings. The Morgan fingerprint density at radius 2 is 1.90 bits per heavy atom. The van der Waals surface area contributed by atoms with Crippen LogP contribution in [-0.2, 0) is 11.2 Å². The summed E-state index contributed by atoms with van der Waals surface area (Å²) >= 11 is 0. The molecule has 4 rings (SSSR count). The molecule has 0 bridgehead atoms. The third-order valence-electron chi connectivity index (χ3n) is 4.47. The maximum absolute atomic E-state index is 14.5. The van der Waals surface area contributed by atoms with Crippen LogP contribution in [0.15, 0.2) is 54.9 Å². The van der Waals surface area contributed by atoms with Crippen LogP contribution in [0.4, 0.5) is 10.1 Å². The first-order valence-electron chi connectivity index (χ1n) is 9.10. The van der Waals surface area contributed by atoms with Crippen LogP contribution in [0, 0.1) is 5.82 Å². The van der Waals surface area contributed by atoms with Gasteiger partial charge >= 0.3 is 0 Å². The van der Waals surface area contributed by atoms with Crippen molar-refractivity contribution in [2.45, 2.75) is 6.42 Å². The van der Waals surface area contributed by atoms with Gasteiger partial charge in [0.05, 0.1) is 24.5 Å². The molecule has 0 aliphatic carbocycles. The monoisotopic (exact) mass is 393 g/mol. The molecular formula is C21H20FN5O2. The van der Waals surface area contributed by atoms with Crippen LogP contribution < -0.4 is 10.5 Å². The van der Waals surface area contributed by atoms with Crippen LogP contribution >= 0.6 is 0 Å². The number of hydrogen-bond donors (Lipinski definition) is 1. The smallest absolute Gasteiger partial charge is 0.193 e. The largest absolute Gasteiger partial charge is 0.491 e. The van der Waals surface area contributed by atoms with Crippen LogP contribution in [-0.4, -0.2) is 40.1 Å². The molecule has 0 radical (unpaired) electrons. The zero-order chi connectivity index (χ0) is 20.2. The van der Waals surface area contributed by atoms with E-state index in [2.05, 4.69) is 15.1 Å². The summed E-state index contributed by atoms with van der Waals surface area (Å²) in [6.07, 6.45) is 3.22. The van der Waals surface area contributed by atoms with E-state index in [1.165, 1.54) is 10.9 Å². The summed E-state index contributed by atoms with van der Waals surface area (Å²) in [4.78, 5) is 8.52. The highest BCUT2D eigenvalue weighted by Gasteiger charge is 2.14. The molecule has 2 heterocycles. The van der Waals surface area contributed by atoms with Gasteiger partial charge in [-0.1, -0.05) is 18.2 Å². The Hall–Kier alpha value is -3.52. The van der Waals surface area contributed by atoms with E-state index < -0.39 is 5.82 Å². The van der Waals surface area contributed by atoms with Gasteiger partial charge in [-0.3, -0.25) is 0 Å². The molecule has 8 heteroatoms. The molecule has 2 N–H and O–H groups in total. The number of nitrogens with zero attached hydrogens (tertiary/aromatic N) is 4. The second kappa shape index (κ2) is 8.24. The van der Waals surface area contributed by atoms with E-state index in [4.69, 9.17) is 15.2 Å². The molecule has 148 valence electrons. The lowest BCUT2D eigenvalue weighted by atomic mass is 10.1. The Bertz CT molecular complexity index is 1130. The number of fused-ring (bicyclic) bond motifs is 1. The minimum atomic E-state index is -0.553. The normalized spacial score (nSPS) is 11.1. The molecule has 7 nitrogen and oxygen atoms in total. The number of nitrogens with two attached hydrogens (primary N) is 1.